The Morgan fingerprint density at radius 3 is 2.70 bits per heavy atom. The zero-order valence-corrected chi connectivity index (χ0v) is 5.11. The van der Waals surface area contributed by atoms with E-state index in [1.165, 1.54) is 0 Å². The van der Waals surface area contributed by atoms with Crippen molar-refractivity contribution in [3.05, 3.63) is 0 Å². The number of esters is 1. The van der Waals surface area contributed by atoms with Gasteiger partial charge >= 0.3 is 11.9 Å². The summed E-state index contributed by atoms with van der Waals surface area (Å²) in [7, 11) is 0. The molecular weight excluding hydrogens is 136 g/mol. The average Bonchev–Trinajstić information content (AvgIpc) is 2.48. The number of hydrogen-bond donors (Lipinski definition) is 1. The Morgan fingerprint density at radius 2 is 2.40 bits per heavy atom. The lowest BCUT2D eigenvalue weighted by atomic mass is 10.3. The molecule has 4 nitrogen and oxygen atoms in total. The van der Waals surface area contributed by atoms with Crippen molar-refractivity contribution in [1.82, 2.24) is 0 Å². The molecule has 1 heterocycles. The number of fused-ring (bicyclic) bond motifs is 1. The lowest BCUT2D eigenvalue weighted by molar-refractivity contribution is -0.148. The molecule has 2 rings (SSSR count). The van der Waals surface area contributed by atoms with E-state index in [9.17, 15) is 9.59 Å². The van der Waals surface area contributed by atoms with Crippen LogP contribution in [0.4, 0.5) is 0 Å². The molecule has 2 aliphatic rings. The van der Waals surface area contributed by atoms with Gasteiger partial charge in [0.05, 0.1) is 18.4 Å². The second-order valence-corrected chi connectivity index (χ2v) is 2.68. The predicted octanol–water partition coefficient (Wildman–Crippen LogP) is -0.510. The molecule has 1 saturated heterocycles. The highest BCUT2D eigenvalue weighted by Gasteiger charge is 2.64. The Hall–Kier alpha value is -1.06. The van der Waals surface area contributed by atoms with E-state index in [0.29, 0.717) is 6.61 Å². The Labute approximate surface area is 56.8 Å². The molecule has 54 valence electrons. The van der Waals surface area contributed by atoms with Gasteiger partial charge in [-0.05, 0) is 0 Å². The summed E-state index contributed by atoms with van der Waals surface area (Å²) in [4.78, 5) is 21.0. The van der Waals surface area contributed by atoms with E-state index in [2.05, 4.69) is 4.74 Å². The number of carbonyl (C=O) groups is 2. The van der Waals surface area contributed by atoms with Gasteiger partial charge in [-0.3, -0.25) is 9.59 Å². The maximum atomic E-state index is 10.6. The van der Waals surface area contributed by atoms with E-state index in [0.717, 1.165) is 0 Å². The summed E-state index contributed by atoms with van der Waals surface area (Å²) in [6, 6.07) is 0. The van der Waals surface area contributed by atoms with Crippen molar-refractivity contribution < 1.29 is 19.4 Å². The number of hydrogen-bond acceptors (Lipinski definition) is 3. The van der Waals surface area contributed by atoms with Crippen molar-refractivity contribution in [1.29, 1.82) is 0 Å². The molecule has 0 aromatic heterocycles. The summed E-state index contributed by atoms with van der Waals surface area (Å²) >= 11 is 0. The Morgan fingerprint density at radius 1 is 1.70 bits per heavy atom. The molecule has 10 heavy (non-hydrogen) atoms. The fraction of sp³-hybridized carbons (Fsp3) is 0.667. The van der Waals surface area contributed by atoms with Crippen molar-refractivity contribution in [3.63, 3.8) is 0 Å². The number of rotatable bonds is 1. The second kappa shape index (κ2) is 1.51. The smallest absolute Gasteiger partial charge is 0.310 e. The van der Waals surface area contributed by atoms with E-state index in [1.807, 2.05) is 0 Å². The van der Waals surface area contributed by atoms with Crippen molar-refractivity contribution >= 4 is 11.9 Å². The number of carboxylic acids is 1. The molecule has 0 aromatic carbocycles. The van der Waals surface area contributed by atoms with Gasteiger partial charge in [-0.1, -0.05) is 0 Å². The fourth-order valence-corrected chi connectivity index (χ4v) is 1.51. The Bertz CT molecular complexity index is 206. The fourth-order valence-electron chi connectivity index (χ4n) is 1.51. The summed E-state index contributed by atoms with van der Waals surface area (Å²) in [5.74, 6) is -1.99. The monoisotopic (exact) mass is 142 g/mol. The van der Waals surface area contributed by atoms with Gasteiger partial charge in [0.1, 0.15) is 0 Å². The van der Waals surface area contributed by atoms with Gasteiger partial charge in [0.15, 0.2) is 0 Å². The first-order valence-corrected chi connectivity index (χ1v) is 3.11. The minimum absolute atomic E-state index is 0.0231. The van der Waals surface area contributed by atoms with Crippen LogP contribution in [0.15, 0.2) is 0 Å². The van der Waals surface area contributed by atoms with Gasteiger partial charge in [-0.2, -0.15) is 0 Å². The number of ether oxygens (including phenoxy) is 1. The minimum atomic E-state index is -0.869. The minimum Gasteiger partial charge on any atom is -0.481 e. The SMILES string of the molecule is O=C(O)[C@@H]1[C@H]2COC(=O)[C@H]21. The van der Waals surface area contributed by atoms with Crippen LogP contribution in [-0.2, 0) is 14.3 Å². The topological polar surface area (TPSA) is 63.6 Å². The number of carbonyl (C=O) groups excluding carboxylic acids is 1. The average molecular weight is 142 g/mol. The largest absolute Gasteiger partial charge is 0.481 e. The van der Waals surface area contributed by atoms with E-state index in [4.69, 9.17) is 5.11 Å². The molecule has 0 bridgehead atoms. The molecule has 2 fully saturated rings. The molecule has 1 saturated carbocycles. The molecule has 0 unspecified atom stereocenters. The van der Waals surface area contributed by atoms with Crippen LogP contribution in [0.25, 0.3) is 0 Å². The third-order valence-electron chi connectivity index (χ3n) is 2.14. The van der Waals surface area contributed by atoms with Gasteiger partial charge in [0, 0.05) is 5.92 Å². The van der Waals surface area contributed by atoms with Crippen LogP contribution in [-0.4, -0.2) is 23.7 Å². The van der Waals surface area contributed by atoms with E-state index < -0.39 is 11.9 Å². The van der Waals surface area contributed by atoms with Crippen molar-refractivity contribution in [2.24, 2.45) is 17.8 Å². The Balaban J connectivity index is 2.12. The molecule has 1 aliphatic heterocycles. The van der Waals surface area contributed by atoms with Gasteiger partial charge in [-0.15, -0.1) is 0 Å². The van der Waals surface area contributed by atoms with Crippen molar-refractivity contribution in [2.75, 3.05) is 6.61 Å². The van der Waals surface area contributed by atoms with Gasteiger partial charge in [0.25, 0.3) is 0 Å². The first-order valence-electron chi connectivity index (χ1n) is 3.11. The van der Waals surface area contributed by atoms with Gasteiger partial charge in [0.2, 0.25) is 0 Å². The Kier molecular flexibility index (Phi) is 0.859. The molecule has 0 radical (unpaired) electrons. The number of aliphatic carboxylic acids is 1. The van der Waals surface area contributed by atoms with Crippen molar-refractivity contribution in [3.8, 4) is 0 Å². The first-order chi connectivity index (χ1) is 4.72. The molecule has 0 spiro atoms. The maximum Gasteiger partial charge on any atom is 0.310 e. The third kappa shape index (κ3) is 0.509. The zero-order chi connectivity index (χ0) is 7.30. The number of cyclic esters (lactones) is 1. The van der Waals surface area contributed by atoms with E-state index in [1.54, 1.807) is 0 Å². The van der Waals surface area contributed by atoms with Crippen molar-refractivity contribution in [2.45, 2.75) is 0 Å². The summed E-state index contributed by atoms with van der Waals surface area (Å²) in [5, 5.41) is 8.47. The first kappa shape index (κ1) is 5.70. The molecular formula is C6H6O4. The molecule has 4 heteroatoms. The van der Waals surface area contributed by atoms with Crippen LogP contribution < -0.4 is 0 Å². The van der Waals surface area contributed by atoms with Crippen LogP contribution in [0.3, 0.4) is 0 Å². The van der Waals surface area contributed by atoms with Gasteiger partial charge in [-0.25, -0.2) is 0 Å². The maximum absolute atomic E-state index is 10.6. The molecule has 0 amide bonds. The molecule has 1 aliphatic carbocycles. The van der Waals surface area contributed by atoms with Crippen LogP contribution in [0, 0.1) is 17.8 Å². The van der Waals surface area contributed by atoms with Crippen LogP contribution in [0.1, 0.15) is 0 Å². The third-order valence-corrected chi connectivity index (χ3v) is 2.14. The van der Waals surface area contributed by atoms with E-state index in [-0.39, 0.29) is 17.8 Å². The lowest BCUT2D eigenvalue weighted by Gasteiger charge is -1.96. The predicted molar refractivity (Wildman–Crippen MR) is 29.1 cm³/mol. The lowest BCUT2D eigenvalue weighted by Crippen LogP contribution is -2.11. The number of carboxylic acid groups (broad SMARTS) is 1. The summed E-state index contributed by atoms with van der Waals surface area (Å²) in [6.45, 7) is 0.306. The van der Waals surface area contributed by atoms with Gasteiger partial charge < -0.3 is 9.84 Å². The van der Waals surface area contributed by atoms with Crippen LogP contribution in [0.2, 0.25) is 0 Å². The second-order valence-electron chi connectivity index (χ2n) is 2.68. The quantitative estimate of drug-likeness (QED) is 0.501. The highest BCUT2D eigenvalue weighted by molar-refractivity contribution is 5.89. The normalized spacial score (nSPS) is 42.4. The summed E-state index contributed by atoms with van der Waals surface area (Å²) in [6.07, 6.45) is 0. The molecule has 0 aromatic rings. The van der Waals surface area contributed by atoms with Crippen LogP contribution >= 0.6 is 0 Å². The zero-order valence-electron chi connectivity index (χ0n) is 5.11. The molecule has 1 N–H and O–H groups in total. The standard InChI is InChI=1S/C6H6O4/c7-5(8)3-2-1-10-6(9)4(2)3/h2-4H,1H2,(H,7,8)/t2-,3-,4-/m1/s1. The highest BCUT2D eigenvalue weighted by Crippen LogP contribution is 2.51. The summed E-state index contributed by atoms with van der Waals surface area (Å²) < 4.78 is 4.59. The van der Waals surface area contributed by atoms with Crippen LogP contribution in [0.5, 0.6) is 0 Å². The van der Waals surface area contributed by atoms with E-state index >= 15 is 0 Å². The highest BCUT2D eigenvalue weighted by atomic mass is 16.5. The summed E-state index contributed by atoms with van der Waals surface area (Å²) in [5.41, 5.74) is 0. The molecule has 3 atom stereocenters.